The molecule has 0 amide bonds. The minimum Gasteiger partial charge on any atom is -0.309 e. The highest BCUT2D eigenvalue weighted by Crippen LogP contribution is 2.40. The van der Waals surface area contributed by atoms with Crippen LogP contribution in [0.4, 0.5) is 0 Å². The lowest BCUT2D eigenvalue weighted by atomic mass is 9.70. The predicted octanol–water partition coefficient (Wildman–Crippen LogP) is 2.68. The van der Waals surface area contributed by atoms with Crippen LogP contribution in [0.1, 0.15) is 44.2 Å². The predicted molar refractivity (Wildman–Crippen MR) is 75.8 cm³/mol. The molecule has 1 aromatic carbocycles. The number of hydrogen-bond acceptors (Lipinski definition) is 3. The first-order valence-corrected chi connectivity index (χ1v) is 8.71. The van der Waals surface area contributed by atoms with Crippen LogP contribution < -0.4 is 5.32 Å². The topological polar surface area (TPSA) is 46.2 Å². The highest BCUT2D eigenvalue weighted by molar-refractivity contribution is 7.91. The number of nitrogens with one attached hydrogen (secondary N) is 1. The van der Waals surface area contributed by atoms with Crippen molar-refractivity contribution in [1.82, 2.24) is 5.32 Å². The number of rotatable bonds is 3. The van der Waals surface area contributed by atoms with E-state index >= 15 is 0 Å². The molecule has 4 heteroatoms. The molecule has 1 N–H and O–H groups in total. The smallest absolute Gasteiger partial charge is 0.178 e. The van der Waals surface area contributed by atoms with Crippen molar-refractivity contribution in [1.29, 1.82) is 0 Å². The maximum absolute atomic E-state index is 12.1. The van der Waals surface area contributed by atoms with Crippen LogP contribution in [0.2, 0.25) is 0 Å². The molecular formula is C15H21NO2S. The van der Waals surface area contributed by atoms with Crippen LogP contribution in [-0.2, 0) is 9.84 Å². The molecule has 3 nitrogen and oxygen atoms in total. The Morgan fingerprint density at radius 1 is 1.32 bits per heavy atom. The Balaban J connectivity index is 1.80. The molecule has 1 aromatic rings. The van der Waals surface area contributed by atoms with E-state index in [9.17, 15) is 8.42 Å². The summed E-state index contributed by atoms with van der Waals surface area (Å²) < 4.78 is 24.1. The Labute approximate surface area is 115 Å². The first-order chi connectivity index (χ1) is 9.00. The highest BCUT2D eigenvalue weighted by atomic mass is 32.2. The number of sulfone groups is 1. The summed E-state index contributed by atoms with van der Waals surface area (Å²) in [5, 5.41) is 3.59. The van der Waals surface area contributed by atoms with Crippen molar-refractivity contribution >= 4 is 9.84 Å². The van der Waals surface area contributed by atoms with Crippen LogP contribution in [0.15, 0.2) is 29.2 Å². The molecule has 104 valence electrons. The molecule has 3 rings (SSSR count). The van der Waals surface area contributed by atoms with Crippen LogP contribution in [0.5, 0.6) is 0 Å². The van der Waals surface area contributed by atoms with Gasteiger partial charge in [-0.15, -0.1) is 0 Å². The zero-order chi connectivity index (χ0) is 13.5. The summed E-state index contributed by atoms with van der Waals surface area (Å²) >= 11 is 0. The van der Waals surface area contributed by atoms with Gasteiger partial charge in [0, 0.05) is 12.6 Å². The number of benzene rings is 1. The van der Waals surface area contributed by atoms with Crippen molar-refractivity contribution in [2.24, 2.45) is 5.41 Å². The van der Waals surface area contributed by atoms with Crippen molar-refractivity contribution in [3.8, 4) is 0 Å². The van der Waals surface area contributed by atoms with E-state index in [1.807, 2.05) is 18.2 Å². The van der Waals surface area contributed by atoms with E-state index in [2.05, 4.69) is 12.2 Å². The Morgan fingerprint density at radius 3 is 2.74 bits per heavy atom. The van der Waals surface area contributed by atoms with Crippen molar-refractivity contribution in [2.45, 2.75) is 43.5 Å². The zero-order valence-corrected chi connectivity index (χ0v) is 12.2. The summed E-state index contributed by atoms with van der Waals surface area (Å²) in [6, 6.07) is 7.62. The summed E-state index contributed by atoms with van der Waals surface area (Å²) in [4.78, 5) is 0.525. The molecule has 1 saturated carbocycles. The molecule has 19 heavy (non-hydrogen) atoms. The lowest BCUT2D eigenvalue weighted by Gasteiger charge is -2.40. The normalized spacial score (nSPS) is 27.3. The molecule has 1 atom stereocenters. The van der Waals surface area contributed by atoms with E-state index in [4.69, 9.17) is 0 Å². The molecule has 1 fully saturated rings. The average Bonchev–Trinajstić information content (AvgIpc) is 2.36. The van der Waals surface area contributed by atoms with Gasteiger partial charge in [-0.1, -0.05) is 31.5 Å². The van der Waals surface area contributed by atoms with Gasteiger partial charge in [-0.25, -0.2) is 8.42 Å². The van der Waals surface area contributed by atoms with E-state index in [-0.39, 0.29) is 11.8 Å². The van der Waals surface area contributed by atoms with Gasteiger partial charge in [-0.3, -0.25) is 0 Å². The largest absolute Gasteiger partial charge is 0.309 e. The highest BCUT2D eigenvalue weighted by Gasteiger charge is 2.34. The second kappa shape index (κ2) is 4.60. The van der Waals surface area contributed by atoms with E-state index in [0.29, 0.717) is 16.7 Å². The van der Waals surface area contributed by atoms with Crippen molar-refractivity contribution in [2.75, 3.05) is 12.3 Å². The van der Waals surface area contributed by atoms with Gasteiger partial charge in [0.2, 0.25) is 0 Å². The Kier molecular flexibility index (Phi) is 3.18. The van der Waals surface area contributed by atoms with Gasteiger partial charge in [0.1, 0.15) is 0 Å². The third-order valence-corrected chi connectivity index (χ3v) is 6.46. The maximum atomic E-state index is 12.1. The van der Waals surface area contributed by atoms with Gasteiger partial charge >= 0.3 is 0 Å². The van der Waals surface area contributed by atoms with Crippen molar-refractivity contribution in [3.63, 3.8) is 0 Å². The van der Waals surface area contributed by atoms with Gasteiger partial charge in [0.25, 0.3) is 0 Å². The Morgan fingerprint density at radius 2 is 2.05 bits per heavy atom. The lowest BCUT2D eigenvalue weighted by molar-refractivity contribution is 0.150. The molecule has 0 radical (unpaired) electrons. The van der Waals surface area contributed by atoms with Crippen molar-refractivity contribution < 1.29 is 8.42 Å². The van der Waals surface area contributed by atoms with Gasteiger partial charge in [-0.05, 0) is 36.3 Å². The van der Waals surface area contributed by atoms with Gasteiger partial charge in [0.05, 0.1) is 10.6 Å². The van der Waals surface area contributed by atoms with Crippen LogP contribution in [0.25, 0.3) is 0 Å². The molecule has 1 aliphatic heterocycles. The molecule has 0 spiro atoms. The Bertz CT molecular complexity index is 576. The summed E-state index contributed by atoms with van der Waals surface area (Å²) in [5.74, 6) is 0.262. The SMILES string of the molecule is CC1(CNC2CCS(=O)(=O)c3ccccc32)CCC1. The second-order valence-corrected chi connectivity index (χ2v) is 8.32. The fourth-order valence-electron chi connectivity index (χ4n) is 3.13. The van der Waals surface area contributed by atoms with Gasteiger partial charge in [-0.2, -0.15) is 0 Å². The monoisotopic (exact) mass is 279 g/mol. The standard InChI is InChI=1S/C15H21NO2S/c1-15(8-4-9-15)11-16-13-7-10-19(17,18)14-6-3-2-5-12(13)14/h2-3,5-6,13,16H,4,7-11H2,1H3. The van der Waals surface area contributed by atoms with Crippen LogP contribution >= 0.6 is 0 Å². The Hall–Kier alpha value is -0.870. The molecule has 0 bridgehead atoms. The average molecular weight is 279 g/mol. The zero-order valence-electron chi connectivity index (χ0n) is 11.4. The summed E-state index contributed by atoms with van der Waals surface area (Å²) in [6.07, 6.45) is 4.59. The third-order valence-electron chi connectivity index (χ3n) is 4.64. The summed E-state index contributed by atoms with van der Waals surface area (Å²) in [7, 11) is -3.06. The first kappa shape index (κ1) is 13.1. The van der Waals surface area contributed by atoms with E-state index in [0.717, 1.165) is 12.1 Å². The molecule has 0 saturated heterocycles. The fourth-order valence-corrected chi connectivity index (χ4v) is 4.75. The lowest BCUT2D eigenvalue weighted by Crippen LogP contribution is -2.40. The number of hydrogen-bond donors (Lipinski definition) is 1. The van der Waals surface area contributed by atoms with Gasteiger partial charge < -0.3 is 5.32 Å². The van der Waals surface area contributed by atoms with Crippen LogP contribution in [0.3, 0.4) is 0 Å². The molecular weight excluding hydrogens is 258 g/mol. The number of fused-ring (bicyclic) bond motifs is 1. The second-order valence-electron chi connectivity index (χ2n) is 6.24. The van der Waals surface area contributed by atoms with E-state index in [1.165, 1.54) is 19.3 Å². The summed E-state index contributed by atoms with van der Waals surface area (Å²) in [5.41, 5.74) is 1.38. The van der Waals surface area contributed by atoms with Crippen LogP contribution in [-0.4, -0.2) is 20.7 Å². The van der Waals surface area contributed by atoms with E-state index < -0.39 is 9.84 Å². The maximum Gasteiger partial charge on any atom is 0.178 e. The molecule has 0 aromatic heterocycles. The quantitative estimate of drug-likeness (QED) is 0.925. The molecule has 1 heterocycles. The third kappa shape index (κ3) is 2.43. The minimum absolute atomic E-state index is 0.192. The first-order valence-electron chi connectivity index (χ1n) is 7.05. The fraction of sp³-hybridized carbons (Fsp3) is 0.600. The van der Waals surface area contributed by atoms with Crippen molar-refractivity contribution in [3.05, 3.63) is 29.8 Å². The molecule has 1 aliphatic carbocycles. The summed E-state index contributed by atoms with van der Waals surface area (Å²) in [6.45, 7) is 3.31. The minimum atomic E-state index is -3.06. The van der Waals surface area contributed by atoms with Gasteiger partial charge in [0.15, 0.2) is 9.84 Å². The molecule has 2 aliphatic rings. The van der Waals surface area contributed by atoms with Crippen LogP contribution in [0, 0.1) is 5.41 Å². The van der Waals surface area contributed by atoms with E-state index in [1.54, 1.807) is 6.07 Å². The molecule has 1 unspecified atom stereocenters.